The Bertz CT molecular complexity index is 1070. The van der Waals surface area contributed by atoms with Crippen LogP contribution in [0.5, 0.6) is 17.2 Å². The third-order valence-electron chi connectivity index (χ3n) is 4.54. The summed E-state index contributed by atoms with van der Waals surface area (Å²) in [6.45, 7) is 6.58. The molecule has 0 N–H and O–H groups in total. The van der Waals surface area contributed by atoms with E-state index >= 15 is 0 Å². The highest BCUT2D eigenvalue weighted by Crippen LogP contribution is 2.40. The van der Waals surface area contributed by atoms with Crippen molar-refractivity contribution in [3.05, 3.63) is 52.1 Å². The van der Waals surface area contributed by atoms with Gasteiger partial charge in [-0.25, -0.2) is 0 Å². The number of esters is 2. The zero-order chi connectivity index (χ0) is 22.0. The highest BCUT2D eigenvalue weighted by atomic mass is 16.5. The maximum absolute atomic E-state index is 13.4. The Morgan fingerprint density at radius 1 is 0.833 bits per heavy atom. The van der Waals surface area contributed by atoms with E-state index in [0.717, 1.165) is 12.8 Å². The minimum Gasteiger partial charge on any atom is -0.493 e. The molecule has 0 fully saturated rings. The molecule has 0 spiro atoms. The minimum absolute atomic E-state index is 0.00135. The molecular weight excluding hydrogens is 388 g/mol. The normalized spacial score (nSPS) is 12.1. The number of aryl methyl sites for hydroxylation is 1. The van der Waals surface area contributed by atoms with E-state index in [-0.39, 0.29) is 33.8 Å². The van der Waals surface area contributed by atoms with Gasteiger partial charge in [0.1, 0.15) is 17.2 Å². The van der Waals surface area contributed by atoms with Crippen LogP contribution in [-0.2, 0) is 9.59 Å². The van der Waals surface area contributed by atoms with E-state index in [1.54, 1.807) is 13.0 Å². The van der Waals surface area contributed by atoms with Crippen LogP contribution >= 0.6 is 0 Å². The Kier molecular flexibility index (Phi) is 6.01. The second kappa shape index (κ2) is 8.49. The third kappa shape index (κ3) is 4.10. The number of carbonyl (C=O) groups excluding carboxylic acids is 4. The molecular formula is C23H22O7. The van der Waals surface area contributed by atoms with E-state index in [2.05, 4.69) is 0 Å². The molecule has 0 saturated carbocycles. The average Bonchev–Trinajstić information content (AvgIpc) is 2.64. The molecule has 7 heteroatoms. The van der Waals surface area contributed by atoms with E-state index in [9.17, 15) is 19.2 Å². The molecule has 0 bridgehead atoms. The van der Waals surface area contributed by atoms with Gasteiger partial charge in [-0.1, -0.05) is 13.3 Å². The van der Waals surface area contributed by atoms with Crippen LogP contribution in [-0.4, -0.2) is 30.1 Å². The van der Waals surface area contributed by atoms with E-state index in [4.69, 9.17) is 14.2 Å². The Morgan fingerprint density at radius 2 is 1.40 bits per heavy atom. The van der Waals surface area contributed by atoms with Crippen LogP contribution in [0.2, 0.25) is 0 Å². The topological polar surface area (TPSA) is 96.0 Å². The number of carbonyl (C=O) groups is 4. The van der Waals surface area contributed by atoms with Crippen molar-refractivity contribution in [3.63, 3.8) is 0 Å². The molecule has 0 aliphatic heterocycles. The Hall–Kier alpha value is -3.48. The standard InChI is InChI=1S/C23H22O7/c1-5-6-7-28-15-10-17-21(19(11-15)30-14(4)25)23(27)20-16(22(17)26)8-12(2)9-18(20)29-13(3)24/h8-11H,5-7H2,1-4H3. The molecule has 7 nitrogen and oxygen atoms in total. The van der Waals surface area contributed by atoms with Gasteiger partial charge < -0.3 is 14.2 Å². The molecule has 0 atom stereocenters. The Morgan fingerprint density at radius 3 is 1.97 bits per heavy atom. The molecule has 30 heavy (non-hydrogen) atoms. The Balaban J connectivity index is 2.20. The summed E-state index contributed by atoms with van der Waals surface area (Å²) in [7, 11) is 0. The average molecular weight is 410 g/mol. The summed E-state index contributed by atoms with van der Waals surface area (Å²) >= 11 is 0. The van der Waals surface area contributed by atoms with Gasteiger partial charge in [0, 0.05) is 31.0 Å². The maximum Gasteiger partial charge on any atom is 0.308 e. The van der Waals surface area contributed by atoms with Crippen molar-refractivity contribution in [1.29, 1.82) is 0 Å². The van der Waals surface area contributed by atoms with Gasteiger partial charge >= 0.3 is 11.9 Å². The summed E-state index contributed by atoms with van der Waals surface area (Å²) < 4.78 is 16.1. The quantitative estimate of drug-likeness (QED) is 0.346. The summed E-state index contributed by atoms with van der Waals surface area (Å²) in [6, 6.07) is 5.99. The molecule has 0 amide bonds. The summed E-state index contributed by atoms with van der Waals surface area (Å²) in [6.07, 6.45) is 1.73. The largest absolute Gasteiger partial charge is 0.493 e. The van der Waals surface area contributed by atoms with Gasteiger partial charge in [-0.2, -0.15) is 0 Å². The van der Waals surface area contributed by atoms with Crippen LogP contribution in [0.25, 0.3) is 0 Å². The molecule has 156 valence electrons. The summed E-state index contributed by atoms with van der Waals surface area (Å²) in [5.74, 6) is -2.00. The SMILES string of the molecule is CCCCOc1cc(OC(C)=O)c2c(c1)C(=O)c1cc(C)cc(OC(C)=O)c1C2=O. The number of fused-ring (bicyclic) bond motifs is 2. The molecule has 2 aromatic rings. The molecule has 0 unspecified atom stereocenters. The van der Waals surface area contributed by atoms with Crippen molar-refractivity contribution < 1.29 is 33.4 Å². The lowest BCUT2D eigenvalue weighted by Crippen LogP contribution is -2.24. The zero-order valence-corrected chi connectivity index (χ0v) is 17.3. The van der Waals surface area contributed by atoms with Crippen LogP contribution in [0, 0.1) is 6.92 Å². The summed E-state index contributed by atoms with van der Waals surface area (Å²) in [4.78, 5) is 49.8. The lowest BCUT2D eigenvalue weighted by atomic mass is 9.82. The first-order valence-corrected chi connectivity index (χ1v) is 9.64. The lowest BCUT2D eigenvalue weighted by Gasteiger charge is -2.23. The number of rotatable bonds is 6. The van der Waals surface area contributed by atoms with Crippen molar-refractivity contribution in [2.75, 3.05) is 6.61 Å². The van der Waals surface area contributed by atoms with E-state index in [0.29, 0.717) is 17.9 Å². The van der Waals surface area contributed by atoms with E-state index in [1.165, 1.54) is 32.0 Å². The number of ether oxygens (including phenoxy) is 3. The van der Waals surface area contributed by atoms with Crippen molar-refractivity contribution >= 4 is 23.5 Å². The smallest absolute Gasteiger partial charge is 0.308 e. The molecule has 1 aliphatic carbocycles. The number of unbranched alkanes of at least 4 members (excludes halogenated alkanes) is 1. The lowest BCUT2D eigenvalue weighted by molar-refractivity contribution is -0.132. The fourth-order valence-corrected chi connectivity index (χ4v) is 3.33. The fourth-order valence-electron chi connectivity index (χ4n) is 3.33. The number of benzene rings is 2. The molecule has 2 aromatic carbocycles. The molecule has 1 aliphatic rings. The second-order valence-electron chi connectivity index (χ2n) is 7.08. The van der Waals surface area contributed by atoms with Crippen LogP contribution in [0.4, 0.5) is 0 Å². The van der Waals surface area contributed by atoms with Crippen molar-refractivity contribution in [3.8, 4) is 17.2 Å². The first-order valence-electron chi connectivity index (χ1n) is 9.64. The van der Waals surface area contributed by atoms with Gasteiger partial charge in [-0.3, -0.25) is 19.2 Å². The van der Waals surface area contributed by atoms with Gasteiger partial charge in [-0.15, -0.1) is 0 Å². The summed E-state index contributed by atoms with van der Waals surface area (Å²) in [5.41, 5.74) is 0.787. The first kappa shape index (κ1) is 21.2. The van der Waals surface area contributed by atoms with Crippen LogP contribution in [0.15, 0.2) is 24.3 Å². The maximum atomic E-state index is 13.4. The van der Waals surface area contributed by atoms with Gasteiger partial charge in [0.15, 0.2) is 5.78 Å². The number of hydrogen-bond donors (Lipinski definition) is 0. The molecule has 0 aromatic heterocycles. The predicted molar refractivity (Wildman–Crippen MR) is 108 cm³/mol. The molecule has 0 saturated heterocycles. The van der Waals surface area contributed by atoms with E-state index in [1.807, 2.05) is 6.92 Å². The third-order valence-corrected chi connectivity index (χ3v) is 4.54. The number of hydrogen-bond acceptors (Lipinski definition) is 7. The number of ketones is 2. The predicted octanol–water partition coefficient (Wildman–Crippen LogP) is 3.80. The van der Waals surface area contributed by atoms with Crippen LogP contribution in [0.1, 0.15) is 71.0 Å². The zero-order valence-electron chi connectivity index (χ0n) is 17.3. The van der Waals surface area contributed by atoms with E-state index < -0.39 is 23.5 Å². The molecule has 0 radical (unpaired) electrons. The highest BCUT2D eigenvalue weighted by molar-refractivity contribution is 6.30. The van der Waals surface area contributed by atoms with Gasteiger partial charge in [-0.05, 0) is 37.1 Å². The van der Waals surface area contributed by atoms with Gasteiger partial charge in [0.2, 0.25) is 5.78 Å². The minimum atomic E-state index is -0.641. The fraction of sp³-hybridized carbons (Fsp3) is 0.304. The molecule has 3 rings (SSSR count). The highest BCUT2D eigenvalue weighted by Gasteiger charge is 2.36. The van der Waals surface area contributed by atoms with Gasteiger partial charge in [0.05, 0.1) is 17.7 Å². The van der Waals surface area contributed by atoms with Crippen molar-refractivity contribution in [2.45, 2.75) is 40.5 Å². The van der Waals surface area contributed by atoms with Gasteiger partial charge in [0.25, 0.3) is 0 Å². The van der Waals surface area contributed by atoms with Crippen LogP contribution in [0.3, 0.4) is 0 Å². The first-order chi connectivity index (χ1) is 14.2. The Labute approximate surface area is 173 Å². The van der Waals surface area contributed by atoms with Crippen molar-refractivity contribution in [2.24, 2.45) is 0 Å². The molecule has 0 heterocycles. The summed E-state index contributed by atoms with van der Waals surface area (Å²) in [5, 5.41) is 0. The van der Waals surface area contributed by atoms with Crippen molar-refractivity contribution in [1.82, 2.24) is 0 Å². The van der Waals surface area contributed by atoms with Crippen LogP contribution < -0.4 is 14.2 Å². The monoisotopic (exact) mass is 410 g/mol. The second-order valence-corrected chi connectivity index (χ2v) is 7.08.